The molecule has 1 aromatic rings. The minimum Gasteiger partial charge on any atom is -0.443 e. The maximum Gasteiger partial charge on any atom is 0.417 e. The molecule has 0 atom stereocenters. The van der Waals surface area contributed by atoms with Gasteiger partial charge in [0.1, 0.15) is 5.60 Å². The topological polar surface area (TPSA) is 80.0 Å². The quantitative estimate of drug-likeness (QED) is 0.837. The fourth-order valence-electron chi connectivity index (χ4n) is 2.10. The van der Waals surface area contributed by atoms with E-state index in [1.807, 2.05) is 45.0 Å². The third-order valence-corrected chi connectivity index (χ3v) is 3.13. The summed E-state index contributed by atoms with van der Waals surface area (Å²) in [5.41, 5.74) is 7.10. The van der Waals surface area contributed by atoms with E-state index in [0.717, 1.165) is 12.1 Å². The minimum absolute atomic E-state index is 0.358. The predicted octanol–water partition coefficient (Wildman–Crippen LogP) is 2.01. The number of carbonyl (C=O) groups excluding carboxylic acids is 1. The number of aliphatic imine (C=N–C) groups is 1. The molecule has 0 fully saturated rings. The summed E-state index contributed by atoms with van der Waals surface area (Å²) < 4.78 is 5.38. The number of ether oxygens (including phenoxy) is 1. The predicted molar refractivity (Wildman–Crippen MR) is 87.8 cm³/mol. The number of hydrogen-bond acceptors (Lipinski definition) is 5. The molecule has 0 aliphatic carbocycles. The van der Waals surface area contributed by atoms with Crippen molar-refractivity contribution in [2.24, 2.45) is 4.99 Å². The van der Waals surface area contributed by atoms with Gasteiger partial charge in [0.25, 0.3) is 0 Å². The van der Waals surface area contributed by atoms with E-state index in [0.29, 0.717) is 25.6 Å². The minimum atomic E-state index is -0.505. The number of nitrogens with zero attached hydrogens (tertiary/aromatic N) is 2. The van der Waals surface area contributed by atoms with Crippen molar-refractivity contribution >= 4 is 17.7 Å². The van der Waals surface area contributed by atoms with Gasteiger partial charge in [-0.2, -0.15) is 0 Å². The highest BCUT2D eigenvalue weighted by Gasteiger charge is 2.28. The molecular formula is C16H24N4O2. The van der Waals surface area contributed by atoms with E-state index in [1.165, 1.54) is 5.56 Å². The molecule has 6 heteroatoms. The second-order valence-electron chi connectivity index (χ2n) is 6.26. The van der Waals surface area contributed by atoms with Crippen LogP contribution in [0.2, 0.25) is 0 Å². The molecule has 2 rings (SSSR count). The first kappa shape index (κ1) is 16.1. The van der Waals surface area contributed by atoms with Crippen LogP contribution in [0.4, 0.5) is 10.5 Å². The smallest absolute Gasteiger partial charge is 0.417 e. The molecule has 1 aromatic carbocycles. The largest absolute Gasteiger partial charge is 0.443 e. The molecule has 3 N–H and O–H groups in total. The monoisotopic (exact) mass is 304 g/mol. The van der Waals surface area contributed by atoms with Crippen LogP contribution < -0.4 is 11.1 Å². The third-order valence-electron chi connectivity index (χ3n) is 3.13. The molecule has 1 amide bonds. The van der Waals surface area contributed by atoms with Gasteiger partial charge >= 0.3 is 6.09 Å². The maximum atomic E-state index is 12.1. The van der Waals surface area contributed by atoms with Gasteiger partial charge in [-0.25, -0.2) is 9.69 Å². The number of nitrogens with two attached hydrogens (primary N) is 1. The molecule has 1 aliphatic rings. The van der Waals surface area contributed by atoms with Crippen molar-refractivity contribution in [1.29, 1.82) is 0 Å². The SMILES string of the molecule is CC(C)(C)OC(=O)N1CCN=C1NCCc1ccc(N)cc1. The molecule has 0 bridgehead atoms. The van der Waals surface area contributed by atoms with Crippen LogP contribution in [0, 0.1) is 0 Å². The molecule has 1 aliphatic heterocycles. The number of carbonyl (C=O) groups is 1. The van der Waals surface area contributed by atoms with Gasteiger partial charge in [0.2, 0.25) is 5.96 Å². The van der Waals surface area contributed by atoms with E-state index >= 15 is 0 Å². The van der Waals surface area contributed by atoms with Gasteiger partial charge in [-0.15, -0.1) is 0 Å². The standard InChI is InChI=1S/C16H24N4O2/c1-16(2,3)22-15(21)20-11-10-19-14(20)18-9-8-12-4-6-13(17)7-5-12/h4-7H,8-11,17H2,1-3H3,(H,18,19). The molecule has 6 nitrogen and oxygen atoms in total. The molecule has 0 radical (unpaired) electrons. The summed E-state index contributed by atoms with van der Waals surface area (Å²) in [6.45, 7) is 7.41. The van der Waals surface area contributed by atoms with E-state index in [2.05, 4.69) is 10.3 Å². The Morgan fingerprint density at radius 2 is 2.05 bits per heavy atom. The second-order valence-corrected chi connectivity index (χ2v) is 6.26. The number of hydrogen-bond donors (Lipinski definition) is 2. The van der Waals surface area contributed by atoms with E-state index in [-0.39, 0.29) is 6.09 Å². The van der Waals surface area contributed by atoms with E-state index in [4.69, 9.17) is 10.5 Å². The summed E-state index contributed by atoms with van der Waals surface area (Å²) in [5.74, 6) is 0.588. The van der Waals surface area contributed by atoms with Gasteiger partial charge in [-0.3, -0.25) is 4.99 Å². The Morgan fingerprint density at radius 3 is 2.68 bits per heavy atom. The van der Waals surface area contributed by atoms with Crippen LogP contribution in [-0.2, 0) is 11.2 Å². The Bertz CT molecular complexity index is 546. The zero-order valence-electron chi connectivity index (χ0n) is 13.4. The van der Waals surface area contributed by atoms with Gasteiger partial charge in [0.05, 0.1) is 13.1 Å². The van der Waals surface area contributed by atoms with E-state index in [1.54, 1.807) is 4.90 Å². The first-order valence-electron chi connectivity index (χ1n) is 7.48. The molecule has 0 saturated heterocycles. The number of amides is 1. The summed E-state index contributed by atoms with van der Waals surface area (Å²) >= 11 is 0. The number of guanidine groups is 1. The fraction of sp³-hybridized carbons (Fsp3) is 0.500. The maximum absolute atomic E-state index is 12.1. The molecule has 0 aromatic heterocycles. The molecule has 120 valence electrons. The lowest BCUT2D eigenvalue weighted by molar-refractivity contribution is 0.0379. The van der Waals surface area contributed by atoms with Crippen LogP contribution in [0.25, 0.3) is 0 Å². The normalized spacial score (nSPS) is 14.7. The zero-order chi connectivity index (χ0) is 16.2. The van der Waals surface area contributed by atoms with Crippen molar-refractivity contribution in [3.8, 4) is 0 Å². The van der Waals surface area contributed by atoms with Gasteiger partial charge < -0.3 is 15.8 Å². The summed E-state index contributed by atoms with van der Waals surface area (Å²) in [6.07, 6.45) is 0.477. The van der Waals surface area contributed by atoms with Crippen molar-refractivity contribution in [2.45, 2.75) is 32.8 Å². The Hall–Kier alpha value is -2.24. The van der Waals surface area contributed by atoms with Crippen LogP contribution in [0.3, 0.4) is 0 Å². The Labute approximate surface area is 131 Å². The van der Waals surface area contributed by atoms with E-state index < -0.39 is 5.60 Å². The molecular weight excluding hydrogens is 280 g/mol. The summed E-state index contributed by atoms with van der Waals surface area (Å²) in [4.78, 5) is 18.0. The fourth-order valence-corrected chi connectivity index (χ4v) is 2.10. The van der Waals surface area contributed by atoms with Crippen molar-refractivity contribution in [3.63, 3.8) is 0 Å². The summed E-state index contributed by atoms with van der Waals surface area (Å²) in [7, 11) is 0. The van der Waals surface area contributed by atoms with Crippen molar-refractivity contribution in [1.82, 2.24) is 10.2 Å². The highest BCUT2D eigenvalue weighted by atomic mass is 16.6. The number of rotatable bonds is 3. The Kier molecular flexibility index (Phi) is 4.90. The van der Waals surface area contributed by atoms with Crippen molar-refractivity contribution in [2.75, 3.05) is 25.4 Å². The molecule has 0 saturated carbocycles. The van der Waals surface area contributed by atoms with Gasteiger partial charge in [-0.1, -0.05) is 12.1 Å². The van der Waals surface area contributed by atoms with Crippen LogP contribution in [0.1, 0.15) is 26.3 Å². The molecule has 1 heterocycles. The Balaban J connectivity index is 1.84. The highest BCUT2D eigenvalue weighted by Crippen LogP contribution is 2.12. The number of benzene rings is 1. The average molecular weight is 304 g/mol. The van der Waals surface area contributed by atoms with Crippen molar-refractivity contribution < 1.29 is 9.53 Å². The van der Waals surface area contributed by atoms with Crippen LogP contribution >= 0.6 is 0 Å². The number of nitrogens with one attached hydrogen (secondary N) is 1. The Morgan fingerprint density at radius 1 is 1.36 bits per heavy atom. The van der Waals surface area contributed by atoms with Crippen LogP contribution in [0.15, 0.2) is 29.3 Å². The van der Waals surface area contributed by atoms with Crippen LogP contribution in [-0.4, -0.2) is 42.2 Å². The number of nitrogen functional groups attached to an aromatic ring is 1. The highest BCUT2D eigenvalue weighted by molar-refractivity contribution is 5.95. The first-order chi connectivity index (χ1) is 10.3. The summed E-state index contributed by atoms with van der Waals surface area (Å²) in [6, 6.07) is 7.77. The van der Waals surface area contributed by atoms with Gasteiger partial charge in [0.15, 0.2) is 0 Å². The lowest BCUT2D eigenvalue weighted by Gasteiger charge is -2.25. The molecule has 0 spiro atoms. The lowest BCUT2D eigenvalue weighted by Crippen LogP contribution is -2.45. The first-order valence-corrected chi connectivity index (χ1v) is 7.48. The van der Waals surface area contributed by atoms with Crippen LogP contribution in [0.5, 0.6) is 0 Å². The average Bonchev–Trinajstić information content (AvgIpc) is 2.88. The van der Waals surface area contributed by atoms with E-state index in [9.17, 15) is 4.79 Å². The third kappa shape index (κ3) is 4.65. The zero-order valence-corrected chi connectivity index (χ0v) is 13.4. The summed E-state index contributed by atoms with van der Waals surface area (Å²) in [5, 5.41) is 3.21. The van der Waals surface area contributed by atoms with Crippen molar-refractivity contribution in [3.05, 3.63) is 29.8 Å². The molecule has 22 heavy (non-hydrogen) atoms. The second kappa shape index (κ2) is 6.68. The number of anilines is 1. The lowest BCUT2D eigenvalue weighted by atomic mass is 10.1. The molecule has 0 unspecified atom stereocenters. The van der Waals surface area contributed by atoms with Gasteiger partial charge in [0, 0.05) is 12.2 Å². The van der Waals surface area contributed by atoms with Gasteiger partial charge in [-0.05, 0) is 44.9 Å².